The lowest BCUT2D eigenvalue weighted by Crippen LogP contribution is -2.27. The Morgan fingerprint density at radius 2 is 1.76 bits per heavy atom. The van der Waals surface area contributed by atoms with E-state index in [2.05, 4.69) is 4.72 Å². The highest BCUT2D eigenvalue weighted by Gasteiger charge is 2.23. The smallest absolute Gasteiger partial charge is 0.241 e. The molecule has 1 atom stereocenters. The van der Waals surface area contributed by atoms with Gasteiger partial charge in [-0.15, -0.1) is 0 Å². The predicted octanol–water partition coefficient (Wildman–Crippen LogP) is 3.94. The van der Waals surface area contributed by atoms with E-state index in [9.17, 15) is 12.8 Å². The predicted molar refractivity (Wildman–Crippen MR) is 92.6 cm³/mol. The summed E-state index contributed by atoms with van der Waals surface area (Å²) in [7, 11) is -3.88. The number of halogens is 3. The molecular weight excluding hydrogens is 392 g/mol. The van der Waals surface area contributed by atoms with E-state index in [1.807, 2.05) is 0 Å². The number of nitrogens with one attached hydrogen (secondary N) is 1. The molecule has 1 aliphatic rings. The Balaban J connectivity index is 1.87. The number of hydrogen-bond acceptors (Lipinski definition) is 4. The van der Waals surface area contributed by atoms with Crippen molar-refractivity contribution >= 4 is 33.2 Å². The fourth-order valence-electron chi connectivity index (χ4n) is 2.42. The minimum atomic E-state index is -3.88. The molecule has 0 aromatic heterocycles. The van der Waals surface area contributed by atoms with Crippen molar-refractivity contribution in [1.82, 2.24) is 4.72 Å². The number of benzene rings is 2. The number of rotatable bonds is 4. The Hall–Kier alpha value is -1.54. The maximum Gasteiger partial charge on any atom is 0.241 e. The lowest BCUT2D eigenvalue weighted by atomic mass is 10.1. The van der Waals surface area contributed by atoms with Crippen LogP contribution in [0.1, 0.15) is 18.5 Å². The SMILES string of the molecule is C[C@@H](NS(=O)(=O)c1ccc2c(c1)OCCO2)c1cc(F)c(Cl)cc1Cl. The molecule has 0 spiro atoms. The van der Waals surface area contributed by atoms with E-state index in [1.54, 1.807) is 6.92 Å². The number of ether oxygens (including phenoxy) is 2. The van der Waals surface area contributed by atoms with E-state index in [0.29, 0.717) is 24.7 Å². The van der Waals surface area contributed by atoms with E-state index >= 15 is 0 Å². The minimum Gasteiger partial charge on any atom is -0.486 e. The lowest BCUT2D eigenvalue weighted by Gasteiger charge is -2.20. The summed E-state index contributed by atoms with van der Waals surface area (Å²) in [5.74, 6) is 0.171. The van der Waals surface area contributed by atoms with Gasteiger partial charge >= 0.3 is 0 Å². The maximum absolute atomic E-state index is 13.7. The van der Waals surface area contributed by atoms with Gasteiger partial charge in [-0.25, -0.2) is 17.5 Å². The fraction of sp³-hybridized carbons (Fsp3) is 0.250. The molecule has 0 bridgehead atoms. The zero-order chi connectivity index (χ0) is 18.2. The van der Waals surface area contributed by atoms with Crippen molar-refractivity contribution in [3.63, 3.8) is 0 Å². The van der Waals surface area contributed by atoms with E-state index < -0.39 is 21.9 Å². The molecule has 2 aromatic carbocycles. The summed E-state index contributed by atoms with van der Waals surface area (Å²) in [6.45, 7) is 2.32. The Morgan fingerprint density at radius 1 is 1.08 bits per heavy atom. The molecule has 0 amide bonds. The van der Waals surface area contributed by atoms with Crippen molar-refractivity contribution in [2.75, 3.05) is 13.2 Å². The zero-order valence-corrected chi connectivity index (χ0v) is 15.4. The second-order valence-corrected chi connectivity index (χ2v) is 7.96. The van der Waals surface area contributed by atoms with E-state index in [0.717, 1.165) is 6.07 Å². The van der Waals surface area contributed by atoms with Gasteiger partial charge in [0.1, 0.15) is 19.0 Å². The molecule has 1 heterocycles. The van der Waals surface area contributed by atoms with Gasteiger partial charge in [0.2, 0.25) is 10.0 Å². The summed E-state index contributed by atoms with van der Waals surface area (Å²) < 4.78 is 52.1. The van der Waals surface area contributed by atoms with Crippen molar-refractivity contribution < 1.29 is 22.3 Å². The normalized spacial score (nSPS) is 15.0. The second-order valence-electron chi connectivity index (χ2n) is 5.44. The van der Waals surface area contributed by atoms with E-state index in [-0.39, 0.29) is 20.5 Å². The highest BCUT2D eigenvalue weighted by atomic mass is 35.5. The maximum atomic E-state index is 13.7. The monoisotopic (exact) mass is 405 g/mol. The van der Waals surface area contributed by atoms with Crippen LogP contribution in [-0.4, -0.2) is 21.6 Å². The third-order valence-corrected chi connectivity index (χ3v) is 5.82. The van der Waals surface area contributed by atoms with Crippen LogP contribution in [0, 0.1) is 5.82 Å². The largest absolute Gasteiger partial charge is 0.486 e. The molecule has 1 N–H and O–H groups in total. The number of hydrogen-bond donors (Lipinski definition) is 1. The molecule has 3 rings (SSSR count). The first-order chi connectivity index (χ1) is 11.8. The summed E-state index contributed by atoms with van der Waals surface area (Å²) in [4.78, 5) is 0.00848. The summed E-state index contributed by atoms with van der Waals surface area (Å²) in [6.07, 6.45) is 0. The Labute approximate surface area is 154 Å². The van der Waals surface area contributed by atoms with Crippen molar-refractivity contribution in [2.45, 2.75) is 17.9 Å². The average Bonchev–Trinajstić information content (AvgIpc) is 2.57. The molecule has 0 unspecified atom stereocenters. The van der Waals surface area contributed by atoms with Gasteiger partial charge in [-0.2, -0.15) is 0 Å². The lowest BCUT2D eigenvalue weighted by molar-refractivity contribution is 0.171. The first-order valence-corrected chi connectivity index (χ1v) is 9.58. The quantitative estimate of drug-likeness (QED) is 0.782. The molecule has 134 valence electrons. The van der Waals surface area contributed by atoms with Gasteiger partial charge in [0, 0.05) is 17.1 Å². The number of sulfonamides is 1. The third-order valence-electron chi connectivity index (χ3n) is 3.66. The standard InChI is InChI=1S/C16H14Cl2FNO4S/c1-9(11-7-14(19)13(18)8-12(11)17)20-25(21,22)10-2-3-15-16(6-10)24-5-4-23-15/h2-3,6-9,20H,4-5H2,1H3/t9-/m1/s1. The van der Waals surface area contributed by atoms with Crippen molar-refractivity contribution in [1.29, 1.82) is 0 Å². The summed E-state index contributed by atoms with van der Waals surface area (Å²) in [5.41, 5.74) is 0.282. The van der Waals surface area contributed by atoms with Gasteiger partial charge in [-0.1, -0.05) is 23.2 Å². The molecule has 0 saturated carbocycles. The molecule has 5 nitrogen and oxygen atoms in total. The highest BCUT2D eigenvalue weighted by Crippen LogP contribution is 2.33. The molecule has 25 heavy (non-hydrogen) atoms. The van der Waals surface area contributed by atoms with E-state index in [4.69, 9.17) is 32.7 Å². The first kappa shape index (κ1) is 18.3. The van der Waals surface area contributed by atoms with Crippen LogP contribution in [-0.2, 0) is 10.0 Å². The molecular formula is C16H14Cl2FNO4S. The van der Waals surface area contributed by atoms with Gasteiger partial charge in [-0.05, 0) is 36.8 Å². The van der Waals surface area contributed by atoms with Crippen LogP contribution in [0.3, 0.4) is 0 Å². The third kappa shape index (κ3) is 3.84. The van der Waals surface area contributed by atoms with Crippen molar-refractivity contribution in [3.8, 4) is 11.5 Å². The van der Waals surface area contributed by atoms with Gasteiger partial charge in [0.05, 0.1) is 9.92 Å². The van der Waals surface area contributed by atoms with Crippen LogP contribution in [0.25, 0.3) is 0 Å². The summed E-state index contributed by atoms with van der Waals surface area (Å²) in [6, 6.07) is 5.91. The zero-order valence-electron chi connectivity index (χ0n) is 13.1. The highest BCUT2D eigenvalue weighted by molar-refractivity contribution is 7.89. The second kappa shape index (κ2) is 6.99. The van der Waals surface area contributed by atoms with Gasteiger partial charge < -0.3 is 9.47 Å². The van der Waals surface area contributed by atoms with Crippen LogP contribution in [0.2, 0.25) is 10.0 Å². The molecule has 2 aromatic rings. The Bertz CT molecular complexity index is 921. The molecule has 1 aliphatic heterocycles. The molecule has 0 radical (unpaired) electrons. The minimum absolute atomic E-state index is 0.00848. The first-order valence-electron chi connectivity index (χ1n) is 7.34. The Morgan fingerprint density at radius 3 is 2.48 bits per heavy atom. The van der Waals surface area contributed by atoms with Crippen molar-refractivity contribution in [3.05, 3.63) is 51.8 Å². The van der Waals surface area contributed by atoms with Gasteiger partial charge in [-0.3, -0.25) is 0 Å². The summed E-state index contributed by atoms with van der Waals surface area (Å²) >= 11 is 11.7. The molecule has 0 aliphatic carbocycles. The molecule has 0 fully saturated rings. The number of fused-ring (bicyclic) bond motifs is 1. The summed E-state index contributed by atoms with van der Waals surface area (Å²) in [5, 5.41) is 0.0411. The molecule has 9 heteroatoms. The van der Waals surface area contributed by atoms with Crippen LogP contribution in [0.15, 0.2) is 35.2 Å². The average molecular weight is 406 g/mol. The van der Waals surface area contributed by atoms with Gasteiger partial charge in [0.15, 0.2) is 11.5 Å². The Kier molecular flexibility index (Phi) is 5.11. The topological polar surface area (TPSA) is 64.6 Å². The fourth-order valence-corrected chi connectivity index (χ4v) is 4.21. The van der Waals surface area contributed by atoms with Gasteiger partial charge in [0.25, 0.3) is 0 Å². The van der Waals surface area contributed by atoms with E-state index in [1.165, 1.54) is 24.3 Å². The van der Waals surface area contributed by atoms with Crippen LogP contribution in [0.5, 0.6) is 11.5 Å². The van der Waals surface area contributed by atoms with Crippen LogP contribution < -0.4 is 14.2 Å². The van der Waals surface area contributed by atoms with Crippen LogP contribution in [0.4, 0.5) is 4.39 Å². The van der Waals surface area contributed by atoms with Crippen molar-refractivity contribution in [2.24, 2.45) is 0 Å². The molecule has 0 saturated heterocycles. The van der Waals surface area contributed by atoms with Crippen LogP contribution >= 0.6 is 23.2 Å².